The van der Waals surface area contributed by atoms with Crippen molar-refractivity contribution in [3.63, 3.8) is 0 Å². The Labute approximate surface area is 143 Å². The van der Waals surface area contributed by atoms with Crippen LogP contribution in [0.2, 0.25) is 0 Å². The second kappa shape index (κ2) is 8.04. The van der Waals surface area contributed by atoms with E-state index in [1.165, 1.54) is 24.6 Å². The maximum Gasteiger partial charge on any atom is 0.270 e. The van der Waals surface area contributed by atoms with Gasteiger partial charge in [0.05, 0.1) is 9.82 Å². The van der Waals surface area contributed by atoms with Crippen molar-refractivity contribution in [3.8, 4) is 0 Å². The van der Waals surface area contributed by atoms with Crippen molar-refractivity contribution in [2.45, 2.75) is 44.0 Å². The summed E-state index contributed by atoms with van der Waals surface area (Å²) in [5.74, 6) is 0.316. The molecule has 24 heavy (non-hydrogen) atoms. The third kappa shape index (κ3) is 4.75. The molecule has 2 rings (SSSR count). The zero-order chi connectivity index (χ0) is 17.7. The Morgan fingerprint density at radius 3 is 2.50 bits per heavy atom. The highest BCUT2D eigenvalue weighted by Crippen LogP contribution is 2.20. The van der Waals surface area contributed by atoms with Crippen LogP contribution in [0.1, 0.15) is 33.1 Å². The summed E-state index contributed by atoms with van der Waals surface area (Å²) in [5, 5.41) is 10.8. The van der Waals surface area contributed by atoms with Gasteiger partial charge < -0.3 is 0 Å². The first kappa shape index (κ1) is 18.8. The molecule has 1 heterocycles. The fourth-order valence-electron chi connectivity index (χ4n) is 3.08. The lowest BCUT2D eigenvalue weighted by atomic mass is 9.99. The van der Waals surface area contributed by atoms with E-state index in [2.05, 4.69) is 23.5 Å². The van der Waals surface area contributed by atoms with Crippen molar-refractivity contribution in [1.29, 1.82) is 0 Å². The molecule has 1 aliphatic heterocycles. The quantitative estimate of drug-likeness (QED) is 0.599. The molecular formula is C16H25N3O4S. The Balaban J connectivity index is 2.10. The summed E-state index contributed by atoms with van der Waals surface area (Å²) in [6.07, 6.45) is 3.50. The van der Waals surface area contributed by atoms with Gasteiger partial charge >= 0.3 is 0 Å². The van der Waals surface area contributed by atoms with E-state index in [-0.39, 0.29) is 16.6 Å². The highest BCUT2D eigenvalue weighted by molar-refractivity contribution is 7.89. The van der Waals surface area contributed by atoms with Gasteiger partial charge in [0, 0.05) is 24.7 Å². The SMILES string of the molecule is CC(C)C(CNS(=O)(=O)c1cccc([N+](=O)[O-])c1)N1CCCCC1. The summed E-state index contributed by atoms with van der Waals surface area (Å²) in [6, 6.07) is 5.26. The van der Waals surface area contributed by atoms with Crippen molar-refractivity contribution < 1.29 is 13.3 Å². The second-order valence-corrected chi connectivity index (χ2v) is 8.28. The Hall–Kier alpha value is -1.51. The number of benzene rings is 1. The van der Waals surface area contributed by atoms with Crippen LogP contribution >= 0.6 is 0 Å². The number of hydrogen-bond acceptors (Lipinski definition) is 5. The van der Waals surface area contributed by atoms with Gasteiger partial charge in [0.25, 0.3) is 5.69 Å². The minimum atomic E-state index is -3.76. The topological polar surface area (TPSA) is 92.5 Å². The van der Waals surface area contributed by atoms with Crippen molar-refractivity contribution in [2.24, 2.45) is 5.92 Å². The zero-order valence-corrected chi connectivity index (χ0v) is 15.0. The molecule has 1 aromatic carbocycles. The summed E-state index contributed by atoms with van der Waals surface area (Å²) in [7, 11) is -3.76. The predicted octanol–water partition coefficient (Wildman–Crippen LogP) is 2.38. The lowest BCUT2D eigenvalue weighted by Crippen LogP contribution is -2.48. The van der Waals surface area contributed by atoms with Crippen LogP contribution in [0.25, 0.3) is 0 Å². The average molecular weight is 355 g/mol. The molecule has 0 spiro atoms. The van der Waals surface area contributed by atoms with E-state index in [1.807, 2.05) is 0 Å². The molecule has 8 heteroatoms. The number of nitro groups is 1. The standard InChI is InChI=1S/C16H25N3O4S/c1-13(2)16(18-9-4-3-5-10-18)12-17-24(22,23)15-8-6-7-14(11-15)19(20)21/h6-8,11,13,16-17H,3-5,9-10,12H2,1-2H3. The van der Waals surface area contributed by atoms with Crippen LogP contribution in [-0.2, 0) is 10.0 Å². The third-order valence-corrected chi connectivity index (χ3v) is 5.87. The van der Waals surface area contributed by atoms with E-state index in [0.717, 1.165) is 32.0 Å². The number of sulfonamides is 1. The molecule has 0 amide bonds. The van der Waals surface area contributed by atoms with E-state index in [9.17, 15) is 18.5 Å². The van der Waals surface area contributed by atoms with Gasteiger partial charge in [-0.3, -0.25) is 15.0 Å². The molecule has 1 unspecified atom stereocenters. The highest BCUT2D eigenvalue weighted by atomic mass is 32.2. The first-order valence-corrected chi connectivity index (χ1v) is 9.78. The molecule has 0 aromatic heterocycles. The minimum absolute atomic E-state index is 0.0714. The number of nitrogens with one attached hydrogen (secondary N) is 1. The predicted molar refractivity (Wildman–Crippen MR) is 92.3 cm³/mol. The molecule has 0 radical (unpaired) electrons. The molecule has 1 atom stereocenters. The lowest BCUT2D eigenvalue weighted by molar-refractivity contribution is -0.385. The van der Waals surface area contributed by atoms with Crippen LogP contribution in [0.15, 0.2) is 29.2 Å². The molecule has 1 N–H and O–H groups in total. The maximum absolute atomic E-state index is 12.5. The molecule has 1 aliphatic rings. The van der Waals surface area contributed by atoms with Crippen molar-refractivity contribution in [1.82, 2.24) is 9.62 Å². The van der Waals surface area contributed by atoms with Gasteiger partial charge in [-0.05, 0) is 37.9 Å². The molecule has 0 bridgehead atoms. The fourth-order valence-corrected chi connectivity index (χ4v) is 4.17. The first-order chi connectivity index (χ1) is 11.3. The molecule has 1 aromatic rings. The number of non-ortho nitro benzene ring substituents is 1. The first-order valence-electron chi connectivity index (χ1n) is 8.29. The van der Waals surface area contributed by atoms with Gasteiger partial charge in [0.15, 0.2) is 0 Å². The van der Waals surface area contributed by atoms with Crippen molar-refractivity contribution in [3.05, 3.63) is 34.4 Å². The van der Waals surface area contributed by atoms with Gasteiger partial charge in [-0.25, -0.2) is 13.1 Å². The second-order valence-electron chi connectivity index (χ2n) is 6.51. The highest BCUT2D eigenvalue weighted by Gasteiger charge is 2.26. The van der Waals surface area contributed by atoms with E-state index >= 15 is 0 Å². The van der Waals surface area contributed by atoms with E-state index < -0.39 is 14.9 Å². The third-order valence-electron chi connectivity index (χ3n) is 4.45. The van der Waals surface area contributed by atoms with Crippen LogP contribution < -0.4 is 4.72 Å². The summed E-state index contributed by atoms with van der Waals surface area (Å²) in [4.78, 5) is 12.5. The zero-order valence-electron chi connectivity index (χ0n) is 14.1. The van der Waals surface area contributed by atoms with Gasteiger partial charge in [-0.2, -0.15) is 0 Å². The van der Waals surface area contributed by atoms with Crippen LogP contribution in [0, 0.1) is 16.0 Å². The smallest absolute Gasteiger partial charge is 0.270 e. The largest absolute Gasteiger partial charge is 0.299 e. The van der Waals surface area contributed by atoms with Crippen LogP contribution in [0.4, 0.5) is 5.69 Å². The van der Waals surface area contributed by atoms with E-state index in [0.29, 0.717) is 12.5 Å². The molecule has 7 nitrogen and oxygen atoms in total. The Morgan fingerprint density at radius 1 is 1.25 bits per heavy atom. The summed E-state index contributed by atoms with van der Waals surface area (Å²) in [6.45, 7) is 6.45. The Bertz CT molecular complexity index is 670. The fraction of sp³-hybridized carbons (Fsp3) is 0.625. The molecule has 1 fully saturated rings. The molecular weight excluding hydrogens is 330 g/mol. The summed E-state index contributed by atoms with van der Waals surface area (Å²) in [5.41, 5.74) is -0.227. The van der Waals surface area contributed by atoms with Crippen molar-refractivity contribution >= 4 is 15.7 Å². The number of likely N-dealkylation sites (tertiary alicyclic amines) is 1. The monoisotopic (exact) mass is 355 g/mol. The number of piperidine rings is 1. The number of nitrogens with zero attached hydrogens (tertiary/aromatic N) is 2. The Kier molecular flexibility index (Phi) is 6.31. The van der Waals surface area contributed by atoms with Gasteiger partial charge in [0.1, 0.15) is 0 Å². The molecule has 0 saturated carbocycles. The summed E-state index contributed by atoms with van der Waals surface area (Å²) < 4.78 is 27.6. The number of hydrogen-bond donors (Lipinski definition) is 1. The van der Waals surface area contributed by atoms with Crippen LogP contribution in [-0.4, -0.2) is 43.9 Å². The van der Waals surface area contributed by atoms with Gasteiger partial charge in [-0.1, -0.05) is 26.3 Å². The number of rotatable bonds is 7. The van der Waals surface area contributed by atoms with Crippen LogP contribution in [0.5, 0.6) is 0 Å². The molecule has 1 saturated heterocycles. The summed E-state index contributed by atoms with van der Waals surface area (Å²) >= 11 is 0. The number of nitro benzene ring substituents is 1. The minimum Gasteiger partial charge on any atom is -0.299 e. The van der Waals surface area contributed by atoms with E-state index in [4.69, 9.17) is 0 Å². The molecule has 134 valence electrons. The average Bonchev–Trinajstić information content (AvgIpc) is 2.55. The molecule has 0 aliphatic carbocycles. The van der Waals surface area contributed by atoms with Crippen molar-refractivity contribution in [2.75, 3.05) is 19.6 Å². The normalized spacial score (nSPS) is 17.8. The maximum atomic E-state index is 12.5. The van der Waals surface area contributed by atoms with Gasteiger partial charge in [0.2, 0.25) is 10.0 Å². The Morgan fingerprint density at radius 2 is 1.92 bits per heavy atom. The lowest BCUT2D eigenvalue weighted by Gasteiger charge is -2.37. The van der Waals surface area contributed by atoms with Crippen LogP contribution in [0.3, 0.4) is 0 Å². The van der Waals surface area contributed by atoms with Gasteiger partial charge in [-0.15, -0.1) is 0 Å². The van der Waals surface area contributed by atoms with E-state index in [1.54, 1.807) is 0 Å².